The first-order chi connectivity index (χ1) is 11.9. The Bertz CT molecular complexity index is 700. The summed E-state index contributed by atoms with van der Waals surface area (Å²) in [6, 6.07) is 9.67. The van der Waals surface area contributed by atoms with Crippen molar-refractivity contribution in [1.82, 2.24) is 0 Å². The number of carbonyl (C=O) groups is 1. The van der Waals surface area contributed by atoms with Gasteiger partial charge in [0.15, 0.2) is 0 Å². The average molecular weight is 366 g/mol. The van der Waals surface area contributed by atoms with Crippen LogP contribution in [0.1, 0.15) is 31.7 Å². The van der Waals surface area contributed by atoms with E-state index in [1.807, 2.05) is 30.3 Å². The quantitative estimate of drug-likeness (QED) is 0.423. The Morgan fingerprint density at radius 2 is 1.88 bits per heavy atom. The number of rotatable bonds is 6. The Balaban J connectivity index is 2.38. The van der Waals surface area contributed by atoms with Crippen LogP contribution in [-0.4, -0.2) is 26.3 Å². The highest BCUT2D eigenvalue weighted by Gasteiger charge is 2.35. The van der Waals surface area contributed by atoms with Crippen LogP contribution < -0.4 is 0 Å². The normalized spacial score (nSPS) is 19.5. The molecule has 1 unspecified atom stereocenters. The number of carbonyl (C=O) groups excluding carboxylic acids is 1. The molecule has 0 aliphatic carbocycles. The molecular weight excluding hydrogens is 343 g/mol. The van der Waals surface area contributed by atoms with Crippen molar-refractivity contribution in [2.24, 2.45) is 0 Å². The summed E-state index contributed by atoms with van der Waals surface area (Å²) in [7, 11) is -0.999. The molecule has 0 saturated carbocycles. The molecule has 0 N–H and O–H groups in total. The van der Waals surface area contributed by atoms with E-state index in [1.54, 1.807) is 19.9 Å². The molecule has 0 fully saturated rings. The largest absolute Gasteiger partial charge is 0.460 e. The maximum atomic E-state index is 12.7. The smallest absolute Gasteiger partial charge is 0.395 e. The molecule has 0 bridgehead atoms. The zero-order valence-electron chi connectivity index (χ0n) is 14.8. The summed E-state index contributed by atoms with van der Waals surface area (Å²) < 4.78 is 33.5. The number of allylic oxidation sites excluding steroid dienone is 2. The Kier molecular flexibility index (Phi) is 6.59. The molecule has 136 valence electrons. The molecule has 0 radical (unpaired) electrons. The first kappa shape index (κ1) is 19.4. The molecular formula is C18H23O6P. The van der Waals surface area contributed by atoms with Crippen molar-refractivity contribution in [2.45, 2.75) is 32.3 Å². The van der Waals surface area contributed by atoms with E-state index < -0.39 is 13.6 Å². The third-order valence-electron chi connectivity index (χ3n) is 3.61. The molecule has 1 aliphatic rings. The highest BCUT2D eigenvalue weighted by Crippen LogP contribution is 2.58. The lowest BCUT2D eigenvalue weighted by atomic mass is 9.93. The van der Waals surface area contributed by atoms with Crippen LogP contribution in [0.4, 0.5) is 0 Å². The maximum absolute atomic E-state index is 12.7. The lowest BCUT2D eigenvalue weighted by Crippen LogP contribution is -2.14. The minimum absolute atomic E-state index is 0.0706. The number of benzene rings is 1. The van der Waals surface area contributed by atoms with Crippen LogP contribution in [0.2, 0.25) is 0 Å². The van der Waals surface area contributed by atoms with E-state index in [0.29, 0.717) is 12.2 Å². The monoisotopic (exact) mass is 366 g/mol. The fourth-order valence-electron chi connectivity index (χ4n) is 2.46. The average Bonchev–Trinajstić information content (AvgIpc) is 2.60. The highest BCUT2D eigenvalue weighted by molar-refractivity contribution is 7.58. The van der Waals surface area contributed by atoms with Gasteiger partial charge in [0.1, 0.15) is 5.76 Å². The van der Waals surface area contributed by atoms with Crippen LogP contribution >= 0.6 is 7.60 Å². The first-order valence-corrected chi connectivity index (χ1v) is 9.50. The van der Waals surface area contributed by atoms with Gasteiger partial charge in [-0.05, 0) is 25.5 Å². The van der Waals surface area contributed by atoms with E-state index in [4.69, 9.17) is 18.5 Å². The Hall–Kier alpha value is -1.88. The van der Waals surface area contributed by atoms with Crippen molar-refractivity contribution >= 4 is 13.6 Å². The number of hydrogen-bond donors (Lipinski definition) is 0. The summed E-state index contributed by atoms with van der Waals surface area (Å²) in [5.74, 6) is -0.282. The molecule has 7 heteroatoms. The van der Waals surface area contributed by atoms with Crippen LogP contribution in [0.5, 0.6) is 0 Å². The predicted octanol–water partition coefficient (Wildman–Crippen LogP) is 4.35. The first-order valence-electron chi connectivity index (χ1n) is 7.96. The lowest BCUT2D eigenvalue weighted by molar-refractivity contribution is -0.141. The molecule has 25 heavy (non-hydrogen) atoms. The van der Waals surface area contributed by atoms with Crippen LogP contribution in [0, 0.1) is 0 Å². The third-order valence-corrected chi connectivity index (χ3v) is 5.35. The number of esters is 1. The minimum atomic E-state index is -3.58. The summed E-state index contributed by atoms with van der Waals surface area (Å²) in [6.45, 7) is 3.53. The molecule has 6 nitrogen and oxygen atoms in total. The van der Waals surface area contributed by atoms with E-state index in [-0.39, 0.29) is 17.5 Å². The fourth-order valence-corrected chi connectivity index (χ4v) is 3.56. The van der Waals surface area contributed by atoms with Gasteiger partial charge in [0.05, 0.1) is 12.2 Å². The second-order valence-corrected chi connectivity index (χ2v) is 7.95. The number of ether oxygens (including phenoxy) is 2. The van der Waals surface area contributed by atoms with Crippen molar-refractivity contribution in [1.29, 1.82) is 0 Å². The van der Waals surface area contributed by atoms with Crippen molar-refractivity contribution in [3.05, 3.63) is 59.3 Å². The second kappa shape index (κ2) is 8.48. The van der Waals surface area contributed by atoms with Crippen molar-refractivity contribution in [2.75, 3.05) is 14.2 Å². The molecule has 0 spiro atoms. The van der Waals surface area contributed by atoms with E-state index in [0.717, 1.165) is 5.56 Å². The number of hydrogen-bond acceptors (Lipinski definition) is 6. The van der Waals surface area contributed by atoms with Gasteiger partial charge in [0.25, 0.3) is 0 Å². The summed E-state index contributed by atoms with van der Waals surface area (Å²) in [5, 5.41) is 0. The predicted molar refractivity (Wildman–Crippen MR) is 93.9 cm³/mol. The SMILES string of the molecule is COP(=O)(OC)C1=CC(c2ccccc2)C/C(=C\C(=O)OC(C)C)O1. The van der Waals surface area contributed by atoms with Crippen molar-refractivity contribution in [3.8, 4) is 0 Å². The molecule has 1 aromatic rings. The van der Waals surface area contributed by atoms with Crippen LogP contribution in [-0.2, 0) is 27.9 Å². The van der Waals surface area contributed by atoms with Gasteiger partial charge in [-0.15, -0.1) is 0 Å². The van der Waals surface area contributed by atoms with Gasteiger partial charge in [-0.25, -0.2) is 4.79 Å². The molecule has 2 rings (SSSR count). The topological polar surface area (TPSA) is 71.1 Å². The lowest BCUT2D eigenvalue weighted by Gasteiger charge is -2.27. The zero-order chi connectivity index (χ0) is 18.4. The van der Waals surface area contributed by atoms with E-state index in [9.17, 15) is 9.36 Å². The van der Waals surface area contributed by atoms with E-state index >= 15 is 0 Å². The third kappa shape index (κ3) is 5.05. The Morgan fingerprint density at radius 3 is 2.44 bits per heavy atom. The summed E-state index contributed by atoms with van der Waals surface area (Å²) >= 11 is 0. The van der Waals surface area contributed by atoms with E-state index in [1.165, 1.54) is 20.3 Å². The molecule has 1 aliphatic heterocycles. The van der Waals surface area contributed by atoms with Crippen molar-refractivity contribution < 1.29 is 27.9 Å². The van der Waals surface area contributed by atoms with Gasteiger partial charge in [0, 0.05) is 26.6 Å². The van der Waals surface area contributed by atoms with E-state index in [2.05, 4.69) is 0 Å². The fraction of sp³-hybridized carbons (Fsp3) is 0.389. The molecule has 1 atom stereocenters. The van der Waals surface area contributed by atoms with Crippen LogP contribution in [0.3, 0.4) is 0 Å². The summed E-state index contributed by atoms with van der Waals surface area (Å²) in [4.78, 5) is 11.9. The summed E-state index contributed by atoms with van der Waals surface area (Å²) in [5.41, 5.74) is 1.08. The van der Waals surface area contributed by atoms with Gasteiger partial charge < -0.3 is 18.5 Å². The second-order valence-electron chi connectivity index (χ2n) is 5.79. The summed E-state index contributed by atoms with van der Waals surface area (Å²) in [6.07, 6.45) is 3.19. The highest BCUT2D eigenvalue weighted by atomic mass is 31.2. The Labute approximate surface area is 148 Å². The zero-order valence-corrected chi connectivity index (χ0v) is 15.7. The van der Waals surface area contributed by atoms with Crippen LogP contribution in [0.25, 0.3) is 0 Å². The van der Waals surface area contributed by atoms with Gasteiger partial charge in [-0.2, -0.15) is 0 Å². The van der Waals surface area contributed by atoms with Crippen molar-refractivity contribution in [3.63, 3.8) is 0 Å². The molecule has 1 aromatic carbocycles. The molecule has 0 aromatic heterocycles. The molecule has 1 heterocycles. The minimum Gasteiger partial charge on any atom is -0.460 e. The van der Waals surface area contributed by atoms with Gasteiger partial charge in [-0.1, -0.05) is 30.3 Å². The van der Waals surface area contributed by atoms with Crippen LogP contribution in [0.15, 0.2) is 53.7 Å². The van der Waals surface area contributed by atoms with Gasteiger partial charge in [-0.3, -0.25) is 4.57 Å². The standard InChI is InChI=1S/C18H23O6P/c1-13(2)23-17(19)12-16-10-15(14-8-6-5-7-9-14)11-18(24-16)25(20,21-3)22-4/h5-9,11-13,15H,10H2,1-4H3/b16-12+. The maximum Gasteiger partial charge on any atom is 0.395 e. The van der Waals surface area contributed by atoms with Gasteiger partial charge >= 0.3 is 13.6 Å². The Morgan fingerprint density at radius 1 is 1.24 bits per heavy atom. The van der Waals surface area contributed by atoms with Gasteiger partial charge in [0.2, 0.25) is 5.50 Å². The molecule has 0 amide bonds. The molecule has 0 saturated heterocycles.